The number of para-hydroxylation sites is 2. The molecule has 1 aliphatic rings. The molecule has 1 aliphatic heterocycles. The average Bonchev–Trinajstić information content (AvgIpc) is 2.78. The number of aliphatic imine (C=N–C) groups is 1. The third-order valence-corrected chi connectivity index (χ3v) is 4.06. The first-order valence-corrected chi connectivity index (χ1v) is 7.66. The number of benzene rings is 2. The van der Waals surface area contributed by atoms with Crippen LogP contribution >= 0.6 is 0 Å². The Bertz CT molecular complexity index is 847. The summed E-state index contributed by atoms with van der Waals surface area (Å²) in [5, 5.41) is 2.92. The number of hydrogen-bond donors (Lipinski definition) is 1. The molecule has 2 aromatic carbocycles. The SMILES string of the molecule is COC(=O)[C@H]1C(C(F)(F)F)=Nc2ccccc2N[C@H]1c1ccc(F)cc1. The van der Waals surface area contributed by atoms with E-state index < -0.39 is 35.6 Å². The Balaban J connectivity index is 2.22. The van der Waals surface area contributed by atoms with Crippen LogP contribution < -0.4 is 5.32 Å². The molecule has 0 saturated carbocycles. The molecule has 0 aromatic heterocycles. The lowest BCUT2D eigenvalue weighted by molar-refractivity contribution is -0.145. The Morgan fingerprint density at radius 1 is 1.12 bits per heavy atom. The molecule has 0 unspecified atom stereocenters. The number of rotatable bonds is 2. The molecule has 0 radical (unpaired) electrons. The minimum Gasteiger partial charge on any atom is -0.468 e. The molecule has 0 aliphatic carbocycles. The first-order chi connectivity index (χ1) is 12.3. The number of ether oxygens (including phenoxy) is 1. The molecule has 2 aromatic rings. The van der Waals surface area contributed by atoms with E-state index in [2.05, 4.69) is 15.0 Å². The summed E-state index contributed by atoms with van der Waals surface area (Å²) in [5.41, 5.74) is -0.583. The number of anilines is 1. The van der Waals surface area contributed by atoms with E-state index in [1.54, 1.807) is 18.2 Å². The molecule has 0 amide bonds. The number of carbonyl (C=O) groups excluding carboxylic acids is 1. The van der Waals surface area contributed by atoms with Crippen molar-refractivity contribution in [2.45, 2.75) is 12.2 Å². The molecule has 3 rings (SSSR count). The van der Waals surface area contributed by atoms with Crippen LogP contribution in [-0.4, -0.2) is 25.0 Å². The molecule has 1 N–H and O–H groups in total. The maximum absolute atomic E-state index is 13.7. The van der Waals surface area contributed by atoms with E-state index in [9.17, 15) is 22.4 Å². The topological polar surface area (TPSA) is 50.7 Å². The molecular weight excluding hydrogens is 352 g/mol. The number of fused-ring (bicyclic) bond motifs is 1. The second-order valence-electron chi connectivity index (χ2n) is 5.69. The highest BCUT2D eigenvalue weighted by Crippen LogP contribution is 2.41. The van der Waals surface area contributed by atoms with Crippen molar-refractivity contribution in [3.05, 3.63) is 59.9 Å². The third kappa shape index (κ3) is 3.40. The highest BCUT2D eigenvalue weighted by atomic mass is 19.4. The van der Waals surface area contributed by atoms with Gasteiger partial charge in [0.15, 0.2) is 0 Å². The monoisotopic (exact) mass is 366 g/mol. The predicted octanol–water partition coefficient (Wildman–Crippen LogP) is 4.42. The molecule has 0 fully saturated rings. The van der Waals surface area contributed by atoms with Gasteiger partial charge in [0.05, 0.1) is 24.5 Å². The third-order valence-electron chi connectivity index (χ3n) is 4.06. The first kappa shape index (κ1) is 17.9. The van der Waals surface area contributed by atoms with Gasteiger partial charge >= 0.3 is 12.1 Å². The molecule has 1 heterocycles. The summed E-state index contributed by atoms with van der Waals surface area (Å²) >= 11 is 0. The maximum atomic E-state index is 13.7. The molecule has 4 nitrogen and oxygen atoms in total. The summed E-state index contributed by atoms with van der Waals surface area (Å²) in [5.74, 6) is -3.38. The van der Waals surface area contributed by atoms with Crippen LogP contribution in [0.1, 0.15) is 11.6 Å². The van der Waals surface area contributed by atoms with Crippen molar-refractivity contribution in [3.8, 4) is 0 Å². The Kier molecular flexibility index (Phi) is 4.67. The number of alkyl halides is 3. The van der Waals surface area contributed by atoms with Crippen molar-refractivity contribution in [1.29, 1.82) is 0 Å². The van der Waals surface area contributed by atoms with Crippen LogP contribution in [0, 0.1) is 11.7 Å². The van der Waals surface area contributed by atoms with Crippen LogP contribution in [-0.2, 0) is 9.53 Å². The van der Waals surface area contributed by atoms with Crippen molar-refractivity contribution >= 4 is 23.1 Å². The first-order valence-electron chi connectivity index (χ1n) is 7.66. The minimum absolute atomic E-state index is 0.0540. The van der Waals surface area contributed by atoms with Gasteiger partial charge in [0, 0.05) is 0 Å². The minimum atomic E-state index is -4.85. The smallest absolute Gasteiger partial charge is 0.430 e. The number of methoxy groups -OCH3 is 1. The summed E-state index contributed by atoms with van der Waals surface area (Å²) < 4.78 is 58.9. The van der Waals surface area contributed by atoms with Gasteiger partial charge in [0.1, 0.15) is 17.4 Å². The van der Waals surface area contributed by atoms with Crippen LogP contribution in [0.4, 0.5) is 28.9 Å². The van der Waals surface area contributed by atoms with Crippen molar-refractivity contribution in [2.24, 2.45) is 10.9 Å². The van der Waals surface area contributed by atoms with Gasteiger partial charge < -0.3 is 10.1 Å². The van der Waals surface area contributed by atoms with E-state index in [1.807, 2.05) is 0 Å². The van der Waals surface area contributed by atoms with Gasteiger partial charge in [-0.15, -0.1) is 0 Å². The van der Waals surface area contributed by atoms with Crippen LogP contribution in [0.5, 0.6) is 0 Å². The van der Waals surface area contributed by atoms with Crippen LogP contribution in [0.15, 0.2) is 53.5 Å². The van der Waals surface area contributed by atoms with Crippen LogP contribution in [0.3, 0.4) is 0 Å². The highest BCUT2D eigenvalue weighted by Gasteiger charge is 2.49. The maximum Gasteiger partial charge on any atom is 0.430 e. The number of carbonyl (C=O) groups is 1. The fourth-order valence-electron chi connectivity index (χ4n) is 2.86. The van der Waals surface area contributed by atoms with Crippen molar-refractivity contribution in [1.82, 2.24) is 0 Å². The Labute approximate surface area is 146 Å². The number of esters is 1. The zero-order valence-corrected chi connectivity index (χ0v) is 13.5. The zero-order valence-electron chi connectivity index (χ0n) is 13.5. The van der Waals surface area contributed by atoms with E-state index in [-0.39, 0.29) is 5.69 Å². The second kappa shape index (κ2) is 6.78. The lowest BCUT2D eigenvalue weighted by atomic mass is 9.88. The van der Waals surface area contributed by atoms with Gasteiger partial charge in [-0.3, -0.25) is 4.79 Å². The summed E-state index contributed by atoms with van der Waals surface area (Å²) in [4.78, 5) is 16.0. The number of nitrogens with one attached hydrogen (secondary N) is 1. The lowest BCUT2D eigenvalue weighted by Crippen LogP contribution is -2.41. The van der Waals surface area contributed by atoms with E-state index in [1.165, 1.54) is 18.2 Å². The molecule has 26 heavy (non-hydrogen) atoms. The normalized spacial score (nSPS) is 19.7. The van der Waals surface area contributed by atoms with Crippen LogP contribution in [0.2, 0.25) is 0 Å². The van der Waals surface area contributed by atoms with Crippen molar-refractivity contribution < 1.29 is 27.1 Å². The number of nitrogens with zero attached hydrogens (tertiary/aromatic N) is 1. The highest BCUT2D eigenvalue weighted by molar-refractivity contribution is 6.08. The molecule has 136 valence electrons. The van der Waals surface area contributed by atoms with Gasteiger partial charge in [-0.1, -0.05) is 24.3 Å². The second-order valence-corrected chi connectivity index (χ2v) is 5.69. The van der Waals surface area contributed by atoms with Gasteiger partial charge in [0.2, 0.25) is 0 Å². The average molecular weight is 366 g/mol. The van der Waals surface area contributed by atoms with Crippen LogP contribution in [0.25, 0.3) is 0 Å². The summed E-state index contributed by atoms with van der Waals surface area (Å²) in [7, 11) is 1.01. The molecule has 8 heteroatoms. The van der Waals surface area contributed by atoms with E-state index >= 15 is 0 Å². The lowest BCUT2D eigenvalue weighted by Gasteiger charge is -2.27. The molecule has 0 saturated heterocycles. The van der Waals surface area contributed by atoms with Crippen molar-refractivity contribution in [2.75, 3.05) is 12.4 Å². The fraction of sp³-hybridized carbons (Fsp3) is 0.222. The predicted molar refractivity (Wildman–Crippen MR) is 87.9 cm³/mol. The zero-order chi connectivity index (χ0) is 18.9. The van der Waals surface area contributed by atoms with Gasteiger partial charge in [-0.05, 0) is 29.8 Å². The van der Waals surface area contributed by atoms with Gasteiger partial charge in [0.25, 0.3) is 0 Å². The molecule has 2 atom stereocenters. The van der Waals surface area contributed by atoms with Gasteiger partial charge in [-0.2, -0.15) is 13.2 Å². The van der Waals surface area contributed by atoms with E-state index in [0.29, 0.717) is 11.3 Å². The van der Waals surface area contributed by atoms with Gasteiger partial charge in [-0.25, -0.2) is 9.38 Å². The Morgan fingerprint density at radius 3 is 2.38 bits per heavy atom. The van der Waals surface area contributed by atoms with E-state index in [4.69, 9.17) is 0 Å². The summed E-state index contributed by atoms with van der Waals surface area (Å²) in [6.07, 6.45) is -4.85. The fourth-order valence-corrected chi connectivity index (χ4v) is 2.86. The molecule has 0 bridgehead atoms. The Hall–Kier alpha value is -2.90. The Morgan fingerprint density at radius 2 is 1.77 bits per heavy atom. The standard InChI is InChI=1S/C18H14F4N2O2/c1-26-17(25)14-15(10-6-8-11(19)9-7-10)23-12-4-2-3-5-13(12)24-16(14)18(20,21)22/h2-9,14-15,23H,1H3/t14-,15+/m1/s1. The van der Waals surface area contributed by atoms with E-state index in [0.717, 1.165) is 19.2 Å². The number of hydrogen-bond acceptors (Lipinski definition) is 4. The summed E-state index contributed by atoms with van der Waals surface area (Å²) in [6.45, 7) is 0. The molecule has 0 spiro atoms. The van der Waals surface area contributed by atoms with Crippen molar-refractivity contribution in [3.63, 3.8) is 0 Å². The summed E-state index contributed by atoms with van der Waals surface area (Å²) in [6, 6.07) is 9.90. The number of halogens is 4. The largest absolute Gasteiger partial charge is 0.468 e. The quantitative estimate of drug-likeness (QED) is 0.632. The molecular formula is C18H14F4N2O2.